The van der Waals surface area contributed by atoms with Crippen molar-refractivity contribution in [2.45, 2.75) is 12.2 Å². The lowest BCUT2D eigenvalue weighted by Gasteiger charge is -2.18. The summed E-state index contributed by atoms with van der Waals surface area (Å²) in [6.07, 6.45) is 0. The molecule has 116 valence electrons. The van der Waals surface area contributed by atoms with Gasteiger partial charge in [0.25, 0.3) is 0 Å². The highest BCUT2D eigenvalue weighted by Crippen LogP contribution is 2.30. The van der Waals surface area contributed by atoms with Gasteiger partial charge in [0.1, 0.15) is 5.25 Å². The molecule has 22 heavy (non-hydrogen) atoms. The van der Waals surface area contributed by atoms with E-state index in [4.69, 9.17) is 11.6 Å². The van der Waals surface area contributed by atoms with Gasteiger partial charge in [-0.2, -0.15) is 0 Å². The van der Waals surface area contributed by atoms with E-state index in [0.29, 0.717) is 5.02 Å². The summed E-state index contributed by atoms with van der Waals surface area (Å²) in [6.45, 7) is 1.84. The Balaban J connectivity index is 2.15. The molecule has 0 spiro atoms. The molecule has 3 nitrogen and oxygen atoms in total. The molecule has 0 amide bonds. The lowest BCUT2D eigenvalue weighted by Crippen LogP contribution is -2.21. The number of carbonyl (C=O) groups is 1. The van der Waals surface area contributed by atoms with E-state index in [9.17, 15) is 9.35 Å². The first-order valence-electron chi connectivity index (χ1n) is 6.81. The minimum atomic E-state index is -1.30. The molecule has 0 heterocycles. The maximum absolute atomic E-state index is 12.1. The molecule has 0 fully saturated rings. The minimum absolute atomic E-state index is 0.0933. The zero-order valence-corrected chi connectivity index (χ0v) is 14.0. The third-order valence-corrected chi connectivity index (χ3v) is 5.36. The molecular formula is C17H17ClO3S. The molecule has 0 aliphatic rings. The first kappa shape index (κ1) is 16.9. The number of ether oxygens (including phenoxy) is 1. The van der Waals surface area contributed by atoms with E-state index in [2.05, 4.69) is 4.74 Å². The fourth-order valence-corrected chi connectivity index (χ4v) is 3.39. The SMILES string of the molecule is COC(=O)C[S+]([O-])C(C)c1ccc(-c2ccccc2Cl)cc1. The highest BCUT2D eigenvalue weighted by molar-refractivity contribution is 7.92. The van der Waals surface area contributed by atoms with Crippen LogP contribution >= 0.6 is 11.6 Å². The van der Waals surface area contributed by atoms with Crippen LogP contribution < -0.4 is 0 Å². The number of carbonyl (C=O) groups excluding carboxylic acids is 1. The molecule has 0 saturated heterocycles. The quantitative estimate of drug-likeness (QED) is 0.612. The molecule has 0 N–H and O–H groups in total. The van der Waals surface area contributed by atoms with Crippen LogP contribution in [0.25, 0.3) is 11.1 Å². The summed E-state index contributed by atoms with van der Waals surface area (Å²) in [5.74, 6) is -0.554. The van der Waals surface area contributed by atoms with Crippen LogP contribution in [-0.4, -0.2) is 23.4 Å². The Morgan fingerprint density at radius 3 is 2.45 bits per heavy atom. The first-order chi connectivity index (χ1) is 10.5. The molecular weight excluding hydrogens is 320 g/mol. The van der Waals surface area contributed by atoms with Crippen molar-refractivity contribution in [3.05, 3.63) is 59.1 Å². The van der Waals surface area contributed by atoms with Gasteiger partial charge in [-0.3, -0.25) is 0 Å². The van der Waals surface area contributed by atoms with Crippen molar-refractivity contribution < 1.29 is 14.1 Å². The smallest absolute Gasteiger partial charge is 0.356 e. The number of esters is 1. The van der Waals surface area contributed by atoms with Crippen molar-refractivity contribution in [3.63, 3.8) is 0 Å². The van der Waals surface area contributed by atoms with Gasteiger partial charge >= 0.3 is 5.97 Å². The van der Waals surface area contributed by atoms with Crippen molar-refractivity contribution in [1.82, 2.24) is 0 Å². The summed E-state index contributed by atoms with van der Waals surface area (Å²) in [4.78, 5) is 11.2. The number of halogens is 1. The van der Waals surface area contributed by atoms with E-state index in [1.165, 1.54) is 7.11 Å². The normalized spacial score (nSPS) is 13.5. The number of rotatable bonds is 5. The van der Waals surface area contributed by atoms with E-state index < -0.39 is 17.1 Å². The van der Waals surface area contributed by atoms with Gasteiger partial charge in [-0.25, -0.2) is 4.79 Å². The summed E-state index contributed by atoms with van der Waals surface area (Å²) in [5.41, 5.74) is 2.87. The maximum atomic E-state index is 12.1. The van der Waals surface area contributed by atoms with Gasteiger partial charge in [0.15, 0.2) is 0 Å². The van der Waals surface area contributed by atoms with Crippen LogP contribution in [0.1, 0.15) is 17.7 Å². The summed E-state index contributed by atoms with van der Waals surface area (Å²) >= 11 is 4.88. The molecule has 0 saturated carbocycles. The summed E-state index contributed by atoms with van der Waals surface area (Å²) in [6, 6.07) is 15.3. The lowest BCUT2D eigenvalue weighted by atomic mass is 10.0. The largest absolute Gasteiger partial charge is 0.615 e. The Hall–Kier alpha value is -1.49. The van der Waals surface area contributed by atoms with Gasteiger partial charge in [0.2, 0.25) is 5.75 Å². The third-order valence-electron chi connectivity index (χ3n) is 3.45. The molecule has 2 rings (SSSR count). The summed E-state index contributed by atoms with van der Waals surface area (Å²) < 4.78 is 16.7. The van der Waals surface area contributed by atoms with Gasteiger partial charge < -0.3 is 9.29 Å². The van der Waals surface area contributed by atoms with Crippen molar-refractivity contribution in [3.8, 4) is 11.1 Å². The zero-order valence-electron chi connectivity index (χ0n) is 12.4. The average Bonchev–Trinajstić information content (AvgIpc) is 2.54. The Kier molecular flexibility index (Phi) is 5.89. The van der Waals surface area contributed by atoms with E-state index in [0.717, 1.165) is 16.7 Å². The lowest BCUT2D eigenvalue weighted by molar-refractivity contribution is -0.137. The van der Waals surface area contributed by atoms with E-state index >= 15 is 0 Å². The second-order valence-electron chi connectivity index (χ2n) is 4.85. The molecule has 2 unspecified atom stereocenters. The molecule has 0 bridgehead atoms. The second-order valence-corrected chi connectivity index (χ2v) is 7.01. The van der Waals surface area contributed by atoms with Crippen LogP contribution in [0.3, 0.4) is 0 Å². The molecule has 2 aromatic carbocycles. The predicted molar refractivity (Wildman–Crippen MR) is 90.3 cm³/mol. The van der Waals surface area contributed by atoms with Crippen molar-refractivity contribution >= 4 is 28.7 Å². The number of hydrogen-bond donors (Lipinski definition) is 0. The third kappa shape index (κ3) is 4.03. The van der Waals surface area contributed by atoms with Crippen LogP contribution in [0.5, 0.6) is 0 Å². The van der Waals surface area contributed by atoms with Crippen molar-refractivity contribution in [2.24, 2.45) is 0 Å². The van der Waals surface area contributed by atoms with Gasteiger partial charge in [0.05, 0.1) is 7.11 Å². The Labute approximate surface area is 138 Å². The van der Waals surface area contributed by atoms with Gasteiger partial charge in [0, 0.05) is 16.1 Å². The Morgan fingerprint density at radius 2 is 1.86 bits per heavy atom. The highest BCUT2D eigenvalue weighted by Gasteiger charge is 2.23. The average molecular weight is 337 g/mol. The van der Waals surface area contributed by atoms with Crippen molar-refractivity contribution in [1.29, 1.82) is 0 Å². The van der Waals surface area contributed by atoms with Gasteiger partial charge in [-0.1, -0.05) is 54.1 Å². The number of benzene rings is 2. The molecule has 2 atom stereocenters. The van der Waals surface area contributed by atoms with Gasteiger partial charge in [-0.05, 0) is 29.7 Å². The fourth-order valence-electron chi connectivity index (χ4n) is 2.08. The van der Waals surface area contributed by atoms with Crippen LogP contribution in [0.4, 0.5) is 0 Å². The van der Waals surface area contributed by atoms with Crippen LogP contribution in [-0.2, 0) is 20.7 Å². The zero-order chi connectivity index (χ0) is 16.1. The van der Waals surface area contributed by atoms with Crippen molar-refractivity contribution in [2.75, 3.05) is 12.9 Å². The first-order valence-corrected chi connectivity index (χ1v) is 8.57. The van der Waals surface area contributed by atoms with E-state index in [1.807, 2.05) is 55.5 Å². The van der Waals surface area contributed by atoms with Crippen LogP contribution in [0.15, 0.2) is 48.5 Å². The Bertz CT molecular complexity index is 643. The van der Waals surface area contributed by atoms with E-state index in [1.54, 1.807) is 0 Å². The Morgan fingerprint density at radius 1 is 1.23 bits per heavy atom. The highest BCUT2D eigenvalue weighted by atomic mass is 35.5. The monoisotopic (exact) mass is 336 g/mol. The topological polar surface area (TPSA) is 49.4 Å². The molecule has 0 aromatic heterocycles. The van der Waals surface area contributed by atoms with Crippen LogP contribution in [0.2, 0.25) is 5.02 Å². The summed E-state index contributed by atoms with van der Waals surface area (Å²) in [5, 5.41) is 0.456. The van der Waals surface area contributed by atoms with Gasteiger partial charge in [-0.15, -0.1) is 0 Å². The molecule has 0 aliphatic carbocycles. The molecule has 5 heteroatoms. The number of hydrogen-bond acceptors (Lipinski definition) is 3. The molecule has 0 aliphatic heterocycles. The van der Waals surface area contributed by atoms with Crippen LogP contribution in [0, 0.1) is 0 Å². The fraction of sp³-hybridized carbons (Fsp3) is 0.235. The molecule has 2 aromatic rings. The second kappa shape index (κ2) is 7.68. The number of methoxy groups -OCH3 is 1. The molecule has 0 radical (unpaired) electrons. The standard InChI is InChI=1S/C17H17ClO3S/c1-12(22(20)11-17(19)21-2)13-7-9-14(10-8-13)15-5-3-4-6-16(15)18/h3-10,12H,11H2,1-2H3. The maximum Gasteiger partial charge on any atom is 0.356 e. The minimum Gasteiger partial charge on any atom is -0.615 e. The predicted octanol–water partition coefficient (Wildman–Crippen LogP) is 3.99. The summed E-state index contributed by atoms with van der Waals surface area (Å²) in [7, 11) is 1.29. The van der Waals surface area contributed by atoms with E-state index in [-0.39, 0.29) is 11.0 Å².